The molecule has 0 aromatic carbocycles. The zero-order chi connectivity index (χ0) is 12.3. The molecular formula is C13H21N3O. The van der Waals surface area contributed by atoms with Gasteiger partial charge >= 0.3 is 0 Å². The monoisotopic (exact) mass is 235 g/mol. The Morgan fingerprint density at radius 1 is 1.59 bits per heavy atom. The molecule has 0 bridgehead atoms. The van der Waals surface area contributed by atoms with Crippen LogP contribution in [-0.2, 0) is 4.74 Å². The second-order valence-corrected chi connectivity index (χ2v) is 4.72. The summed E-state index contributed by atoms with van der Waals surface area (Å²) in [6.45, 7) is 6.83. The molecule has 1 aliphatic rings. The van der Waals surface area contributed by atoms with Gasteiger partial charge in [0.1, 0.15) is 5.82 Å². The third-order valence-electron chi connectivity index (χ3n) is 3.07. The van der Waals surface area contributed by atoms with E-state index in [1.807, 2.05) is 19.2 Å². The lowest BCUT2D eigenvalue weighted by Gasteiger charge is -2.23. The van der Waals surface area contributed by atoms with Crippen molar-refractivity contribution in [3.63, 3.8) is 0 Å². The standard InChI is InChI=1S/C13H21N3O/c1-10-9-16(6-3-7-17-10)13-8-12(11(2)14)4-5-15-13/h4-5,8,10-11H,3,6-7,9,14H2,1-2H3. The second kappa shape index (κ2) is 5.47. The van der Waals surface area contributed by atoms with Crippen molar-refractivity contribution in [3.05, 3.63) is 23.9 Å². The van der Waals surface area contributed by atoms with Crippen molar-refractivity contribution in [3.8, 4) is 0 Å². The lowest BCUT2D eigenvalue weighted by molar-refractivity contribution is 0.0820. The first-order chi connectivity index (χ1) is 8.16. The zero-order valence-corrected chi connectivity index (χ0v) is 10.6. The summed E-state index contributed by atoms with van der Waals surface area (Å²) in [5.74, 6) is 1.01. The van der Waals surface area contributed by atoms with Crippen LogP contribution in [0.2, 0.25) is 0 Å². The Bertz CT molecular complexity index is 367. The highest BCUT2D eigenvalue weighted by Crippen LogP contribution is 2.19. The summed E-state index contributed by atoms with van der Waals surface area (Å²) in [4.78, 5) is 6.72. The molecule has 0 radical (unpaired) electrons. The van der Waals surface area contributed by atoms with Gasteiger partial charge in [0.2, 0.25) is 0 Å². The van der Waals surface area contributed by atoms with E-state index in [1.54, 1.807) is 0 Å². The van der Waals surface area contributed by atoms with E-state index in [0.29, 0.717) is 0 Å². The summed E-state index contributed by atoms with van der Waals surface area (Å²) in [6.07, 6.45) is 3.15. The van der Waals surface area contributed by atoms with E-state index in [2.05, 4.69) is 22.9 Å². The van der Waals surface area contributed by atoms with Crippen LogP contribution in [0, 0.1) is 0 Å². The van der Waals surface area contributed by atoms with Crippen molar-refractivity contribution in [1.29, 1.82) is 0 Å². The molecule has 0 spiro atoms. The van der Waals surface area contributed by atoms with Crippen LogP contribution in [0.3, 0.4) is 0 Å². The molecule has 0 saturated carbocycles. The third-order valence-corrected chi connectivity index (χ3v) is 3.07. The fourth-order valence-electron chi connectivity index (χ4n) is 2.09. The molecule has 2 heterocycles. The molecule has 4 nitrogen and oxygen atoms in total. The van der Waals surface area contributed by atoms with Crippen LogP contribution in [0.4, 0.5) is 5.82 Å². The molecular weight excluding hydrogens is 214 g/mol. The van der Waals surface area contributed by atoms with Gasteiger partial charge < -0.3 is 15.4 Å². The van der Waals surface area contributed by atoms with Crippen LogP contribution < -0.4 is 10.6 Å². The molecule has 1 aliphatic heterocycles. The molecule has 0 aliphatic carbocycles. The summed E-state index contributed by atoms with van der Waals surface area (Å²) in [5.41, 5.74) is 7.03. The second-order valence-electron chi connectivity index (χ2n) is 4.72. The highest BCUT2D eigenvalue weighted by molar-refractivity contribution is 5.42. The van der Waals surface area contributed by atoms with Gasteiger partial charge in [0.05, 0.1) is 6.10 Å². The van der Waals surface area contributed by atoms with E-state index in [-0.39, 0.29) is 12.1 Å². The van der Waals surface area contributed by atoms with Gasteiger partial charge in [-0.3, -0.25) is 0 Å². The summed E-state index contributed by atoms with van der Waals surface area (Å²) in [7, 11) is 0. The highest BCUT2D eigenvalue weighted by atomic mass is 16.5. The van der Waals surface area contributed by atoms with Gasteiger partial charge in [-0.2, -0.15) is 0 Å². The molecule has 2 rings (SSSR count). The minimum absolute atomic E-state index is 0.0531. The predicted octanol–water partition coefficient (Wildman–Crippen LogP) is 1.72. The van der Waals surface area contributed by atoms with Crippen molar-refractivity contribution in [1.82, 2.24) is 4.98 Å². The Morgan fingerprint density at radius 3 is 3.18 bits per heavy atom. The fraction of sp³-hybridized carbons (Fsp3) is 0.615. The molecule has 0 amide bonds. The first-order valence-corrected chi connectivity index (χ1v) is 6.25. The molecule has 94 valence electrons. The molecule has 4 heteroatoms. The predicted molar refractivity (Wildman–Crippen MR) is 69.1 cm³/mol. The number of anilines is 1. The van der Waals surface area contributed by atoms with Crippen LogP contribution in [-0.4, -0.2) is 30.8 Å². The Hall–Kier alpha value is -1.13. The Balaban J connectivity index is 2.17. The van der Waals surface area contributed by atoms with E-state index in [0.717, 1.165) is 37.5 Å². The maximum absolute atomic E-state index is 5.90. The van der Waals surface area contributed by atoms with E-state index < -0.39 is 0 Å². The van der Waals surface area contributed by atoms with Gasteiger partial charge in [0.15, 0.2) is 0 Å². The number of hydrogen-bond donors (Lipinski definition) is 1. The van der Waals surface area contributed by atoms with Crippen LogP contribution in [0.25, 0.3) is 0 Å². The number of aromatic nitrogens is 1. The molecule has 1 fully saturated rings. The Labute approximate surface area is 103 Å². The average molecular weight is 235 g/mol. The first kappa shape index (κ1) is 12.3. The minimum atomic E-state index is 0.0531. The molecule has 1 saturated heterocycles. The summed E-state index contributed by atoms with van der Waals surface area (Å²) >= 11 is 0. The largest absolute Gasteiger partial charge is 0.377 e. The number of hydrogen-bond acceptors (Lipinski definition) is 4. The number of nitrogens with zero attached hydrogens (tertiary/aromatic N) is 2. The maximum Gasteiger partial charge on any atom is 0.128 e. The number of pyridine rings is 1. The van der Waals surface area contributed by atoms with E-state index in [1.165, 1.54) is 0 Å². The van der Waals surface area contributed by atoms with E-state index in [9.17, 15) is 0 Å². The third kappa shape index (κ3) is 3.17. The first-order valence-electron chi connectivity index (χ1n) is 6.25. The normalized spacial score (nSPS) is 23.2. The molecule has 1 aromatic heterocycles. The number of rotatable bonds is 2. The smallest absolute Gasteiger partial charge is 0.128 e. The van der Waals surface area contributed by atoms with E-state index >= 15 is 0 Å². The SMILES string of the molecule is CC1CN(c2cc(C(C)N)ccn2)CCCO1. The van der Waals surface area contributed by atoms with Crippen LogP contribution >= 0.6 is 0 Å². The topological polar surface area (TPSA) is 51.4 Å². The van der Waals surface area contributed by atoms with Crippen LogP contribution in [0.5, 0.6) is 0 Å². The van der Waals surface area contributed by atoms with Gasteiger partial charge in [0.25, 0.3) is 0 Å². The van der Waals surface area contributed by atoms with Crippen molar-refractivity contribution >= 4 is 5.82 Å². The fourth-order valence-corrected chi connectivity index (χ4v) is 2.09. The number of nitrogens with two attached hydrogens (primary N) is 1. The van der Waals surface area contributed by atoms with Crippen molar-refractivity contribution < 1.29 is 4.74 Å². The lowest BCUT2D eigenvalue weighted by Crippen LogP contribution is -2.30. The van der Waals surface area contributed by atoms with Gasteiger partial charge in [-0.1, -0.05) is 0 Å². The van der Waals surface area contributed by atoms with Crippen molar-refractivity contribution in [2.24, 2.45) is 5.73 Å². The highest BCUT2D eigenvalue weighted by Gasteiger charge is 2.16. The quantitative estimate of drug-likeness (QED) is 0.848. The molecule has 2 N–H and O–H groups in total. The lowest BCUT2D eigenvalue weighted by atomic mass is 10.1. The van der Waals surface area contributed by atoms with Gasteiger partial charge in [-0.05, 0) is 38.0 Å². The minimum Gasteiger partial charge on any atom is -0.377 e. The van der Waals surface area contributed by atoms with Crippen molar-refractivity contribution in [2.45, 2.75) is 32.4 Å². The average Bonchev–Trinajstić information content (AvgIpc) is 2.54. The van der Waals surface area contributed by atoms with Crippen molar-refractivity contribution in [2.75, 3.05) is 24.6 Å². The van der Waals surface area contributed by atoms with E-state index in [4.69, 9.17) is 10.5 Å². The Kier molecular flexibility index (Phi) is 3.97. The van der Waals surface area contributed by atoms with Gasteiger partial charge in [0, 0.05) is 31.9 Å². The maximum atomic E-state index is 5.90. The zero-order valence-electron chi connectivity index (χ0n) is 10.6. The molecule has 2 unspecified atom stereocenters. The van der Waals surface area contributed by atoms with Gasteiger partial charge in [-0.25, -0.2) is 4.98 Å². The summed E-state index contributed by atoms with van der Waals surface area (Å²) in [6, 6.07) is 4.12. The Morgan fingerprint density at radius 2 is 2.41 bits per heavy atom. The van der Waals surface area contributed by atoms with Gasteiger partial charge in [-0.15, -0.1) is 0 Å². The molecule has 2 atom stereocenters. The number of ether oxygens (including phenoxy) is 1. The summed E-state index contributed by atoms with van der Waals surface area (Å²) < 4.78 is 5.64. The van der Waals surface area contributed by atoms with Crippen LogP contribution in [0.15, 0.2) is 18.3 Å². The summed E-state index contributed by atoms with van der Waals surface area (Å²) in [5, 5.41) is 0. The molecule has 1 aromatic rings. The molecule has 17 heavy (non-hydrogen) atoms. The van der Waals surface area contributed by atoms with Crippen LogP contribution in [0.1, 0.15) is 31.9 Å².